The van der Waals surface area contributed by atoms with Crippen molar-refractivity contribution in [2.24, 2.45) is 0 Å². The molecule has 0 aliphatic carbocycles. The SMILES string of the molecule is N=C(Cl)C(=CO)C(=N)Cl. The van der Waals surface area contributed by atoms with E-state index in [-0.39, 0.29) is 5.57 Å². The lowest BCUT2D eigenvalue weighted by molar-refractivity contribution is 0.472. The third-order valence-corrected chi connectivity index (χ3v) is 1.01. The van der Waals surface area contributed by atoms with Crippen molar-refractivity contribution in [3.05, 3.63) is 11.8 Å². The number of halogens is 2. The van der Waals surface area contributed by atoms with E-state index in [4.69, 9.17) is 39.1 Å². The summed E-state index contributed by atoms with van der Waals surface area (Å²) in [6, 6.07) is 0. The molecule has 3 nitrogen and oxygen atoms in total. The Balaban J connectivity index is 4.38. The molecule has 9 heavy (non-hydrogen) atoms. The summed E-state index contributed by atoms with van der Waals surface area (Å²) in [7, 11) is 0. The summed E-state index contributed by atoms with van der Waals surface area (Å²) in [5.41, 5.74) is -0.182. The predicted molar refractivity (Wildman–Crippen MR) is 37.9 cm³/mol. The maximum Gasteiger partial charge on any atom is 0.134 e. The molecular weight excluding hydrogens is 163 g/mol. The lowest BCUT2D eigenvalue weighted by Crippen LogP contribution is -1.99. The molecule has 0 amide bonds. The molecule has 0 aliphatic heterocycles. The lowest BCUT2D eigenvalue weighted by atomic mass is 10.3. The van der Waals surface area contributed by atoms with E-state index < -0.39 is 10.3 Å². The van der Waals surface area contributed by atoms with Gasteiger partial charge >= 0.3 is 0 Å². The van der Waals surface area contributed by atoms with Gasteiger partial charge in [-0.25, -0.2) is 0 Å². The minimum Gasteiger partial charge on any atom is -0.515 e. The van der Waals surface area contributed by atoms with Crippen LogP contribution in [0, 0.1) is 10.8 Å². The van der Waals surface area contributed by atoms with Crippen molar-refractivity contribution in [1.82, 2.24) is 0 Å². The zero-order chi connectivity index (χ0) is 7.44. The van der Waals surface area contributed by atoms with Gasteiger partial charge < -0.3 is 5.11 Å². The van der Waals surface area contributed by atoms with Crippen LogP contribution in [0.3, 0.4) is 0 Å². The first-order chi connectivity index (χ1) is 4.09. The van der Waals surface area contributed by atoms with Crippen LogP contribution in [0.5, 0.6) is 0 Å². The molecule has 0 aromatic carbocycles. The molecule has 0 rings (SSSR count). The van der Waals surface area contributed by atoms with Gasteiger partial charge in [-0.3, -0.25) is 10.8 Å². The van der Waals surface area contributed by atoms with E-state index in [9.17, 15) is 0 Å². The number of nitrogens with one attached hydrogen (secondary N) is 2. The molecule has 3 N–H and O–H groups in total. The minimum absolute atomic E-state index is 0.182. The monoisotopic (exact) mass is 166 g/mol. The van der Waals surface area contributed by atoms with Crippen molar-refractivity contribution in [2.75, 3.05) is 0 Å². The number of aliphatic hydroxyl groups is 1. The smallest absolute Gasteiger partial charge is 0.134 e. The van der Waals surface area contributed by atoms with E-state index in [1.165, 1.54) is 0 Å². The highest BCUT2D eigenvalue weighted by atomic mass is 35.5. The number of allylic oxidation sites excluding steroid dienone is 1. The van der Waals surface area contributed by atoms with Gasteiger partial charge in [0.2, 0.25) is 0 Å². The number of hydrogen-bond acceptors (Lipinski definition) is 3. The zero-order valence-electron chi connectivity index (χ0n) is 4.28. The van der Waals surface area contributed by atoms with Crippen LogP contribution >= 0.6 is 23.2 Å². The van der Waals surface area contributed by atoms with Gasteiger partial charge in [0.25, 0.3) is 0 Å². The molecule has 0 bridgehead atoms. The Morgan fingerprint density at radius 2 is 1.56 bits per heavy atom. The molecule has 50 valence electrons. The Morgan fingerprint density at radius 1 is 1.22 bits per heavy atom. The fraction of sp³-hybridized carbons (Fsp3) is 0. The second kappa shape index (κ2) is 3.48. The number of hydrogen-bond donors (Lipinski definition) is 3. The van der Waals surface area contributed by atoms with Gasteiger partial charge in [0.15, 0.2) is 0 Å². The molecule has 0 heterocycles. The summed E-state index contributed by atoms with van der Waals surface area (Å²) in [5, 5.41) is 20.7. The molecule has 0 aromatic rings. The Kier molecular flexibility index (Phi) is 3.27. The molecular formula is C4H4Cl2N2O. The minimum atomic E-state index is -0.447. The Labute approximate surface area is 61.9 Å². The van der Waals surface area contributed by atoms with E-state index in [1.807, 2.05) is 0 Å². The van der Waals surface area contributed by atoms with Crippen LogP contribution < -0.4 is 0 Å². The van der Waals surface area contributed by atoms with E-state index in [0.717, 1.165) is 0 Å². The quantitative estimate of drug-likeness (QED) is 0.426. The van der Waals surface area contributed by atoms with E-state index in [2.05, 4.69) is 0 Å². The first kappa shape index (κ1) is 8.46. The van der Waals surface area contributed by atoms with Crippen molar-refractivity contribution >= 4 is 33.5 Å². The second-order valence-corrected chi connectivity index (χ2v) is 1.93. The standard InChI is InChI=1S/C4H4Cl2N2O/c5-3(7)2(1-9)4(6)8/h1,7-9H. The second-order valence-electron chi connectivity index (χ2n) is 1.17. The highest BCUT2D eigenvalue weighted by molar-refractivity contribution is 6.80. The summed E-state index contributed by atoms with van der Waals surface area (Å²) in [6.07, 6.45) is 0.519. The van der Waals surface area contributed by atoms with Crippen LogP contribution in [-0.4, -0.2) is 15.4 Å². The van der Waals surface area contributed by atoms with Gasteiger partial charge in [-0.05, 0) is 0 Å². The van der Waals surface area contributed by atoms with Gasteiger partial charge in [0, 0.05) is 0 Å². The van der Waals surface area contributed by atoms with Gasteiger partial charge in [-0.1, -0.05) is 23.2 Å². The Bertz CT molecular complexity index is 159. The molecule has 0 fully saturated rings. The fourth-order valence-electron chi connectivity index (χ4n) is 0.210. The topological polar surface area (TPSA) is 67.9 Å². The fourth-order valence-corrected chi connectivity index (χ4v) is 0.545. The maximum atomic E-state index is 8.25. The zero-order valence-corrected chi connectivity index (χ0v) is 5.79. The molecule has 0 aliphatic rings. The highest BCUT2D eigenvalue weighted by Gasteiger charge is 2.05. The predicted octanol–water partition coefficient (Wildman–Crippen LogP) is 1.86. The number of aliphatic hydroxyl groups excluding tert-OH is 1. The van der Waals surface area contributed by atoms with Crippen LogP contribution in [0.4, 0.5) is 0 Å². The third-order valence-electron chi connectivity index (χ3n) is 0.602. The Morgan fingerprint density at radius 3 is 1.56 bits per heavy atom. The average Bonchev–Trinajstić information content (AvgIpc) is 1.64. The van der Waals surface area contributed by atoms with E-state index in [0.29, 0.717) is 6.26 Å². The van der Waals surface area contributed by atoms with Crippen molar-refractivity contribution in [2.45, 2.75) is 0 Å². The van der Waals surface area contributed by atoms with E-state index >= 15 is 0 Å². The van der Waals surface area contributed by atoms with Crippen molar-refractivity contribution in [3.63, 3.8) is 0 Å². The van der Waals surface area contributed by atoms with Crippen LogP contribution in [0.1, 0.15) is 0 Å². The van der Waals surface area contributed by atoms with Gasteiger partial charge in [-0.2, -0.15) is 0 Å². The largest absolute Gasteiger partial charge is 0.515 e. The highest BCUT2D eigenvalue weighted by Crippen LogP contribution is 2.04. The van der Waals surface area contributed by atoms with Gasteiger partial charge in [0.1, 0.15) is 10.3 Å². The van der Waals surface area contributed by atoms with Gasteiger partial charge in [-0.15, -0.1) is 0 Å². The van der Waals surface area contributed by atoms with Crippen molar-refractivity contribution in [1.29, 1.82) is 10.8 Å². The average molecular weight is 167 g/mol. The van der Waals surface area contributed by atoms with E-state index in [1.54, 1.807) is 0 Å². The third kappa shape index (κ3) is 2.49. The van der Waals surface area contributed by atoms with Gasteiger partial charge in [0.05, 0.1) is 11.8 Å². The van der Waals surface area contributed by atoms with Crippen molar-refractivity contribution < 1.29 is 5.11 Å². The van der Waals surface area contributed by atoms with Crippen LogP contribution in [0.2, 0.25) is 0 Å². The van der Waals surface area contributed by atoms with Crippen LogP contribution in [0.25, 0.3) is 0 Å². The Hall–Kier alpha value is -0.540. The molecule has 5 heteroatoms. The molecule has 0 saturated heterocycles. The molecule has 0 unspecified atom stereocenters. The molecule has 0 spiro atoms. The summed E-state index contributed by atoms with van der Waals surface area (Å²) >= 11 is 10.1. The molecule has 0 radical (unpaired) electrons. The van der Waals surface area contributed by atoms with Crippen LogP contribution in [-0.2, 0) is 0 Å². The molecule has 0 saturated carbocycles. The summed E-state index contributed by atoms with van der Waals surface area (Å²) in [6.45, 7) is 0. The molecule has 0 atom stereocenters. The first-order valence-corrected chi connectivity index (χ1v) is 2.68. The summed E-state index contributed by atoms with van der Waals surface area (Å²) in [5.74, 6) is 0. The molecule has 0 aromatic heterocycles. The number of rotatable bonds is 2. The van der Waals surface area contributed by atoms with Crippen molar-refractivity contribution in [3.8, 4) is 0 Å². The normalized spacial score (nSPS) is 8.22. The summed E-state index contributed by atoms with van der Waals surface area (Å²) in [4.78, 5) is 0. The van der Waals surface area contributed by atoms with Crippen LogP contribution in [0.15, 0.2) is 11.8 Å². The summed E-state index contributed by atoms with van der Waals surface area (Å²) < 4.78 is 0. The lowest BCUT2D eigenvalue weighted by Gasteiger charge is -1.93. The first-order valence-electron chi connectivity index (χ1n) is 1.92. The maximum absolute atomic E-state index is 8.25.